The molecule has 0 aromatic heterocycles. The Hall–Kier alpha value is -0.300. The average molecular weight is 303 g/mol. The molecule has 0 aliphatic heterocycles. The second-order valence-electron chi connectivity index (χ2n) is 5.74. The number of hydrogen-bond acceptors (Lipinski definition) is 6. The largest absolute Gasteiger partial charge is 0.465 e. The molecule has 2 aliphatic carbocycles. The summed E-state index contributed by atoms with van der Waals surface area (Å²) in [7, 11) is 0. The lowest BCUT2D eigenvalue weighted by Crippen LogP contribution is -2.58. The lowest BCUT2D eigenvalue weighted by atomic mass is 9.95. The maximum Gasteiger partial charge on any atom is 0.327 e. The van der Waals surface area contributed by atoms with Gasteiger partial charge in [0.05, 0.1) is 19.3 Å². The zero-order valence-electron chi connectivity index (χ0n) is 12.0. The molecular weight excluding hydrogens is 278 g/mol. The number of aliphatic hydroxyl groups excluding tert-OH is 2. The fourth-order valence-corrected chi connectivity index (χ4v) is 3.65. The van der Waals surface area contributed by atoms with Crippen molar-refractivity contribution in [3.8, 4) is 0 Å². The summed E-state index contributed by atoms with van der Waals surface area (Å²) in [5.74, 6) is 1.24. The van der Waals surface area contributed by atoms with Gasteiger partial charge in [-0.3, -0.25) is 10.1 Å². The van der Waals surface area contributed by atoms with Crippen molar-refractivity contribution in [2.45, 2.75) is 50.3 Å². The van der Waals surface area contributed by atoms with E-state index in [1.54, 1.807) is 0 Å². The third-order valence-electron chi connectivity index (χ3n) is 3.80. The number of thioether (sulfide) groups is 1. The van der Waals surface area contributed by atoms with E-state index in [-0.39, 0.29) is 12.6 Å². The molecule has 0 aromatic rings. The average Bonchev–Trinajstić information content (AvgIpc) is 3.29. The Morgan fingerprint density at radius 1 is 1.45 bits per heavy atom. The Labute approximate surface area is 124 Å². The number of hydrogen-bond donors (Lipinski definition) is 3. The van der Waals surface area contributed by atoms with E-state index in [4.69, 9.17) is 9.84 Å². The van der Waals surface area contributed by atoms with Gasteiger partial charge in [-0.2, -0.15) is 11.8 Å². The first-order valence-electron chi connectivity index (χ1n) is 7.44. The zero-order chi connectivity index (χ0) is 14.6. The minimum atomic E-state index is -0.722. The Morgan fingerprint density at radius 2 is 2.15 bits per heavy atom. The van der Waals surface area contributed by atoms with Gasteiger partial charge < -0.3 is 14.9 Å². The molecule has 20 heavy (non-hydrogen) atoms. The first kappa shape index (κ1) is 16.1. The summed E-state index contributed by atoms with van der Waals surface area (Å²) in [6, 6.07) is 0.434. The molecule has 0 aromatic carbocycles. The highest BCUT2D eigenvalue weighted by Gasteiger charge is 2.53. The standard InChI is InChI=1S/C14H25NO4S/c1-2-19-13(18)14(10-3-4-10,15-11-5-6-11)9-20-8-12(17)7-16/h10-12,15-17H,2-9H2,1H3. The molecule has 0 amide bonds. The van der Waals surface area contributed by atoms with E-state index in [0.717, 1.165) is 25.7 Å². The van der Waals surface area contributed by atoms with Crippen molar-refractivity contribution < 1.29 is 19.7 Å². The predicted molar refractivity (Wildman–Crippen MR) is 78.7 cm³/mol. The van der Waals surface area contributed by atoms with Gasteiger partial charge in [-0.1, -0.05) is 0 Å². The summed E-state index contributed by atoms with van der Waals surface area (Å²) in [5.41, 5.74) is -0.600. The Morgan fingerprint density at radius 3 is 2.65 bits per heavy atom. The monoisotopic (exact) mass is 303 g/mol. The van der Waals surface area contributed by atoms with Gasteiger partial charge in [0.25, 0.3) is 0 Å². The molecule has 6 heteroatoms. The minimum Gasteiger partial charge on any atom is -0.465 e. The van der Waals surface area contributed by atoms with Gasteiger partial charge in [-0.05, 0) is 38.5 Å². The summed E-state index contributed by atoms with van der Waals surface area (Å²) in [5, 5.41) is 21.8. The van der Waals surface area contributed by atoms with E-state index in [1.165, 1.54) is 11.8 Å². The van der Waals surface area contributed by atoms with E-state index >= 15 is 0 Å². The molecule has 2 rings (SSSR count). The van der Waals surface area contributed by atoms with Crippen LogP contribution in [0.25, 0.3) is 0 Å². The molecule has 0 bridgehead atoms. The van der Waals surface area contributed by atoms with Crippen LogP contribution in [0.3, 0.4) is 0 Å². The van der Waals surface area contributed by atoms with E-state index in [0.29, 0.717) is 30.1 Å². The van der Waals surface area contributed by atoms with Crippen LogP contribution in [0.1, 0.15) is 32.6 Å². The van der Waals surface area contributed by atoms with Crippen LogP contribution in [0.4, 0.5) is 0 Å². The smallest absolute Gasteiger partial charge is 0.327 e. The lowest BCUT2D eigenvalue weighted by Gasteiger charge is -2.33. The highest BCUT2D eigenvalue weighted by Crippen LogP contribution is 2.44. The van der Waals surface area contributed by atoms with Crippen molar-refractivity contribution in [3.05, 3.63) is 0 Å². The van der Waals surface area contributed by atoms with Crippen molar-refractivity contribution >= 4 is 17.7 Å². The van der Waals surface area contributed by atoms with Crippen LogP contribution >= 0.6 is 11.8 Å². The zero-order valence-corrected chi connectivity index (χ0v) is 12.8. The van der Waals surface area contributed by atoms with Gasteiger partial charge in [-0.15, -0.1) is 0 Å². The fourth-order valence-electron chi connectivity index (χ4n) is 2.40. The van der Waals surface area contributed by atoms with Gasteiger partial charge in [0.15, 0.2) is 0 Å². The number of ether oxygens (including phenoxy) is 1. The molecule has 2 aliphatic rings. The molecule has 2 unspecified atom stereocenters. The van der Waals surface area contributed by atoms with E-state index in [2.05, 4.69) is 5.32 Å². The van der Waals surface area contributed by atoms with Gasteiger partial charge in [0.2, 0.25) is 0 Å². The highest BCUT2D eigenvalue weighted by molar-refractivity contribution is 7.99. The molecule has 2 atom stereocenters. The van der Waals surface area contributed by atoms with Crippen LogP contribution in [-0.4, -0.2) is 58.6 Å². The molecule has 0 spiro atoms. The maximum absolute atomic E-state index is 12.4. The van der Waals surface area contributed by atoms with Crippen LogP contribution in [0, 0.1) is 5.92 Å². The van der Waals surface area contributed by atoms with Crippen molar-refractivity contribution in [2.24, 2.45) is 5.92 Å². The third-order valence-corrected chi connectivity index (χ3v) is 5.08. The van der Waals surface area contributed by atoms with E-state index in [1.807, 2.05) is 6.92 Å². The Balaban J connectivity index is 1.98. The second-order valence-corrected chi connectivity index (χ2v) is 6.77. The van der Waals surface area contributed by atoms with Gasteiger partial charge in [0, 0.05) is 17.5 Å². The Bertz CT molecular complexity index is 333. The highest BCUT2D eigenvalue weighted by atomic mass is 32.2. The first-order valence-corrected chi connectivity index (χ1v) is 8.59. The van der Waals surface area contributed by atoms with E-state index in [9.17, 15) is 9.90 Å². The van der Waals surface area contributed by atoms with Crippen molar-refractivity contribution in [2.75, 3.05) is 24.7 Å². The third kappa shape index (κ3) is 4.10. The lowest BCUT2D eigenvalue weighted by molar-refractivity contribution is -0.151. The number of esters is 1. The molecule has 0 radical (unpaired) electrons. The van der Waals surface area contributed by atoms with E-state index < -0.39 is 11.6 Å². The fraction of sp³-hybridized carbons (Fsp3) is 0.929. The molecule has 0 heterocycles. The van der Waals surface area contributed by atoms with Crippen molar-refractivity contribution in [3.63, 3.8) is 0 Å². The second kappa shape index (κ2) is 7.11. The van der Waals surface area contributed by atoms with Crippen molar-refractivity contribution in [1.29, 1.82) is 0 Å². The molecule has 5 nitrogen and oxygen atoms in total. The predicted octanol–water partition coefficient (Wildman–Crippen LogP) is 0.537. The molecular formula is C14H25NO4S. The maximum atomic E-state index is 12.4. The number of aliphatic hydroxyl groups is 2. The minimum absolute atomic E-state index is 0.152. The quantitative estimate of drug-likeness (QED) is 0.511. The van der Waals surface area contributed by atoms with Crippen LogP contribution in [0.5, 0.6) is 0 Å². The molecule has 2 fully saturated rings. The topological polar surface area (TPSA) is 78.8 Å². The summed E-state index contributed by atoms with van der Waals surface area (Å²) < 4.78 is 5.29. The first-order chi connectivity index (χ1) is 9.62. The number of carbonyl (C=O) groups excluding carboxylic acids is 1. The van der Waals surface area contributed by atoms with Gasteiger partial charge >= 0.3 is 5.97 Å². The SMILES string of the molecule is CCOC(=O)C(CSCC(O)CO)(NC1CC1)C1CC1. The summed E-state index contributed by atoms with van der Waals surface area (Å²) >= 11 is 1.51. The number of carbonyl (C=O) groups is 1. The molecule has 2 saturated carbocycles. The normalized spacial score (nSPS) is 23.1. The summed E-state index contributed by atoms with van der Waals surface area (Å²) in [6.07, 6.45) is 3.64. The van der Waals surface area contributed by atoms with Crippen LogP contribution in [-0.2, 0) is 9.53 Å². The van der Waals surface area contributed by atoms with Crippen LogP contribution in [0.15, 0.2) is 0 Å². The van der Waals surface area contributed by atoms with Crippen molar-refractivity contribution in [1.82, 2.24) is 5.32 Å². The summed E-state index contributed by atoms with van der Waals surface area (Å²) in [4.78, 5) is 12.4. The number of nitrogens with one attached hydrogen (secondary N) is 1. The number of rotatable bonds is 10. The van der Waals surface area contributed by atoms with Gasteiger partial charge in [0.1, 0.15) is 5.54 Å². The Kier molecular flexibility index (Phi) is 5.72. The van der Waals surface area contributed by atoms with Crippen LogP contribution < -0.4 is 5.32 Å². The molecule has 116 valence electrons. The summed E-state index contributed by atoms with van der Waals surface area (Å²) in [6.45, 7) is 1.98. The molecule has 0 saturated heterocycles. The van der Waals surface area contributed by atoms with Gasteiger partial charge in [-0.25, -0.2) is 0 Å². The molecule has 3 N–H and O–H groups in total. The van der Waals surface area contributed by atoms with Crippen LogP contribution in [0.2, 0.25) is 0 Å².